The summed E-state index contributed by atoms with van der Waals surface area (Å²) in [6.45, 7) is 1.36. The topological polar surface area (TPSA) is 71.9 Å². The van der Waals surface area contributed by atoms with Gasteiger partial charge in [0.05, 0.1) is 25.8 Å². The molecule has 0 amide bonds. The van der Waals surface area contributed by atoms with Crippen LogP contribution in [-0.2, 0) is 4.79 Å². The third-order valence-electron chi connectivity index (χ3n) is 4.42. The number of aromatic nitrogens is 1. The van der Waals surface area contributed by atoms with Gasteiger partial charge in [-0.2, -0.15) is 0 Å². The van der Waals surface area contributed by atoms with Crippen molar-refractivity contribution < 1.29 is 19.4 Å². The van der Waals surface area contributed by atoms with Crippen LogP contribution in [0.25, 0.3) is 10.8 Å². The van der Waals surface area contributed by atoms with Crippen molar-refractivity contribution in [2.45, 2.75) is 12.8 Å². The van der Waals surface area contributed by atoms with E-state index in [1.54, 1.807) is 26.6 Å². The molecule has 1 aliphatic heterocycles. The Morgan fingerprint density at radius 1 is 1.30 bits per heavy atom. The average Bonchev–Trinajstić information content (AvgIpc) is 2.59. The molecule has 0 radical (unpaired) electrons. The number of nitrogens with zero attached hydrogens (tertiary/aromatic N) is 2. The Kier molecular flexibility index (Phi) is 4.23. The van der Waals surface area contributed by atoms with Gasteiger partial charge in [0, 0.05) is 36.3 Å². The lowest BCUT2D eigenvalue weighted by molar-refractivity contribution is -0.142. The highest BCUT2D eigenvalue weighted by Gasteiger charge is 2.28. The zero-order chi connectivity index (χ0) is 16.4. The summed E-state index contributed by atoms with van der Waals surface area (Å²) in [6, 6.07) is 3.87. The summed E-state index contributed by atoms with van der Waals surface area (Å²) in [7, 11) is 3.23. The first-order valence-electron chi connectivity index (χ1n) is 7.62. The molecule has 1 saturated heterocycles. The number of fused-ring (bicyclic) bond motifs is 1. The molecule has 0 atom stereocenters. The molecule has 2 heterocycles. The molecular weight excluding hydrogens is 296 g/mol. The Hall–Kier alpha value is -2.50. The largest absolute Gasteiger partial charge is 0.493 e. The van der Waals surface area contributed by atoms with Crippen molar-refractivity contribution in [1.29, 1.82) is 0 Å². The Bertz CT molecular complexity index is 724. The number of methoxy groups -OCH3 is 2. The summed E-state index contributed by atoms with van der Waals surface area (Å²) in [5, 5.41) is 11.2. The third kappa shape index (κ3) is 2.76. The van der Waals surface area contributed by atoms with Gasteiger partial charge in [0.2, 0.25) is 0 Å². The maximum Gasteiger partial charge on any atom is 0.306 e. The molecule has 1 aliphatic rings. The predicted octanol–water partition coefficient (Wildman–Crippen LogP) is 2.55. The van der Waals surface area contributed by atoms with Crippen molar-refractivity contribution in [2.75, 3.05) is 32.2 Å². The first kappa shape index (κ1) is 15.4. The number of piperidine rings is 1. The van der Waals surface area contributed by atoms with Crippen LogP contribution in [0.1, 0.15) is 12.8 Å². The highest BCUT2D eigenvalue weighted by Crippen LogP contribution is 2.44. The van der Waals surface area contributed by atoms with Crippen LogP contribution < -0.4 is 14.4 Å². The van der Waals surface area contributed by atoms with E-state index in [1.165, 1.54) is 0 Å². The van der Waals surface area contributed by atoms with Crippen LogP contribution in [0.5, 0.6) is 11.5 Å². The zero-order valence-electron chi connectivity index (χ0n) is 13.3. The van der Waals surface area contributed by atoms with Gasteiger partial charge in [-0.05, 0) is 25.0 Å². The second-order valence-electron chi connectivity index (χ2n) is 5.66. The minimum absolute atomic E-state index is 0.268. The van der Waals surface area contributed by atoms with Crippen LogP contribution in [0.2, 0.25) is 0 Å². The van der Waals surface area contributed by atoms with Crippen LogP contribution in [0.4, 0.5) is 5.69 Å². The van der Waals surface area contributed by atoms with Gasteiger partial charge < -0.3 is 19.5 Å². The molecule has 0 spiro atoms. The number of hydrogen-bond donors (Lipinski definition) is 1. The molecule has 122 valence electrons. The fourth-order valence-electron chi connectivity index (χ4n) is 3.20. The van der Waals surface area contributed by atoms with Gasteiger partial charge >= 0.3 is 5.97 Å². The smallest absolute Gasteiger partial charge is 0.306 e. The number of carboxylic acid groups (broad SMARTS) is 1. The molecule has 0 unspecified atom stereocenters. The Balaban J connectivity index is 2.07. The van der Waals surface area contributed by atoms with Crippen molar-refractivity contribution >= 4 is 22.4 Å². The lowest BCUT2D eigenvalue weighted by Crippen LogP contribution is -2.36. The maximum absolute atomic E-state index is 11.2. The number of carboxylic acids is 1. The molecule has 1 fully saturated rings. The summed E-state index contributed by atoms with van der Waals surface area (Å²) in [5.41, 5.74) is 0.952. The number of carbonyl (C=O) groups is 1. The average molecular weight is 316 g/mol. The number of ether oxygens (including phenoxy) is 2. The number of benzene rings is 1. The van der Waals surface area contributed by atoms with Gasteiger partial charge in [0.15, 0.2) is 11.5 Å². The number of rotatable bonds is 4. The van der Waals surface area contributed by atoms with Crippen LogP contribution in [0.15, 0.2) is 24.5 Å². The van der Waals surface area contributed by atoms with Gasteiger partial charge in [-0.15, -0.1) is 0 Å². The van der Waals surface area contributed by atoms with E-state index in [0.29, 0.717) is 37.4 Å². The molecule has 1 aromatic carbocycles. The Labute approximate surface area is 134 Å². The first-order chi connectivity index (χ1) is 11.2. The summed E-state index contributed by atoms with van der Waals surface area (Å²) in [5.74, 6) is 0.357. The normalized spacial score (nSPS) is 15.7. The summed E-state index contributed by atoms with van der Waals surface area (Å²) < 4.78 is 11.1. The van der Waals surface area contributed by atoms with E-state index in [9.17, 15) is 9.90 Å². The van der Waals surface area contributed by atoms with Crippen molar-refractivity contribution in [2.24, 2.45) is 5.92 Å². The molecule has 3 rings (SSSR count). The molecule has 1 aromatic heterocycles. The first-order valence-corrected chi connectivity index (χ1v) is 7.62. The molecule has 6 nitrogen and oxygen atoms in total. The van der Waals surface area contributed by atoms with Crippen molar-refractivity contribution in [3.05, 3.63) is 24.5 Å². The summed E-state index contributed by atoms with van der Waals surface area (Å²) in [6.07, 6.45) is 4.80. The second-order valence-corrected chi connectivity index (χ2v) is 5.66. The maximum atomic E-state index is 11.2. The van der Waals surface area contributed by atoms with E-state index < -0.39 is 5.97 Å². The third-order valence-corrected chi connectivity index (χ3v) is 4.42. The standard InChI is InChI=1S/C17H20N2O4/c1-22-14-9-12-10-18-6-3-13(12)15(16(14)23-2)19-7-4-11(5-8-19)17(20)21/h3,6,9-11H,4-5,7-8H2,1-2H3,(H,20,21). The van der Waals surface area contributed by atoms with Gasteiger partial charge in [-0.1, -0.05) is 0 Å². The van der Waals surface area contributed by atoms with E-state index in [-0.39, 0.29) is 5.92 Å². The summed E-state index contributed by atoms with van der Waals surface area (Å²) in [4.78, 5) is 17.5. The molecule has 23 heavy (non-hydrogen) atoms. The number of aliphatic carboxylic acids is 1. The van der Waals surface area contributed by atoms with Crippen molar-refractivity contribution in [1.82, 2.24) is 4.98 Å². The van der Waals surface area contributed by atoms with Crippen molar-refractivity contribution in [3.8, 4) is 11.5 Å². The van der Waals surface area contributed by atoms with Gasteiger partial charge in [-0.25, -0.2) is 0 Å². The number of hydrogen-bond acceptors (Lipinski definition) is 5. The molecule has 0 aliphatic carbocycles. The lowest BCUT2D eigenvalue weighted by Gasteiger charge is -2.34. The van der Waals surface area contributed by atoms with E-state index in [4.69, 9.17) is 9.47 Å². The van der Waals surface area contributed by atoms with Crippen LogP contribution >= 0.6 is 0 Å². The van der Waals surface area contributed by atoms with E-state index in [0.717, 1.165) is 16.5 Å². The molecule has 0 saturated carbocycles. The Morgan fingerprint density at radius 2 is 2.04 bits per heavy atom. The molecule has 2 aromatic rings. The van der Waals surface area contributed by atoms with Gasteiger partial charge in [0.1, 0.15) is 0 Å². The predicted molar refractivity (Wildman–Crippen MR) is 87.4 cm³/mol. The lowest BCUT2D eigenvalue weighted by atomic mass is 9.96. The molecular formula is C17H20N2O4. The van der Waals surface area contributed by atoms with E-state index >= 15 is 0 Å². The molecule has 0 bridgehead atoms. The monoisotopic (exact) mass is 316 g/mol. The Morgan fingerprint density at radius 3 is 2.65 bits per heavy atom. The van der Waals surface area contributed by atoms with Gasteiger partial charge in [-0.3, -0.25) is 9.78 Å². The summed E-state index contributed by atoms with van der Waals surface area (Å²) >= 11 is 0. The van der Waals surface area contributed by atoms with Crippen LogP contribution in [0, 0.1) is 5.92 Å². The van der Waals surface area contributed by atoms with Crippen LogP contribution in [-0.4, -0.2) is 43.4 Å². The number of pyridine rings is 1. The van der Waals surface area contributed by atoms with Crippen LogP contribution in [0.3, 0.4) is 0 Å². The van der Waals surface area contributed by atoms with Crippen molar-refractivity contribution in [3.63, 3.8) is 0 Å². The molecule has 1 N–H and O–H groups in total. The minimum atomic E-state index is -0.712. The highest BCUT2D eigenvalue weighted by atomic mass is 16.5. The highest BCUT2D eigenvalue weighted by molar-refractivity contribution is 5.99. The zero-order valence-corrected chi connectivity index (χ0v) is 13.3. The number of anilines is 1. The fraction of sp³-hybridized carbons (Fsp3) is 0.412. The quantitative estimate of drug-likeness (QED) is 0.934. The minimum Gasteiger partial charge on any atom is -0.493 e. The molecule has 6 heteroatoms. The van der Waals surface area contributed by atoms with Gasteiger partial charge in [0.25, 0.3) is 0 Å². The van der Waals surface area contributed by atoms with E-state index in [2.05, 4.69) is 9.88 Å². The fourth-order valence-corrected chi connectivity index (χ4v) is 3.20. The SMILES string of the molecule is COc1cc2cnccc2c(N2CCC(C(=O)O)CC2)c1OC. The second kappa shape index (κ2) is 6.32. The van der Waals surface area contributed by atoms with E-state index in [1.807, 2.05) is 12.1 Å².